The van der Waals surface area contributed by atoms with Gasteiger partial charge in [-0.15, -0.1) is 0 Å². The minimum absolute atomic E-state index is 0.119. The molecule has 3 aromatic rings. The van der Waals surface area contributed by atoms with Gasteiger partial charge in [0.25, 0.3) is 11.5 Å². The van der Waals surface area contributed by atoms with E-state index in [1.54, 1.807) is 25.2 Å². The molecule has 0 aliphatic carbocycles. The number of aromatic amines is 1. The van der Waals surface area contributed by atoms with Crippen LogP contribution >= 0.6 is 0 Å². The summed E-state index contributed by atoms with van der Waals surface area (Å²) in [6.45, 7) is 1.96. The van der Waals surface area contributed by atoms with Crippen LogP contribution in [0.3, 0.4) is 0 Å². The van der Waals surface area contributed by atoms with Gasteiger partial charge in [0.2, 0.25) is 0 Å². The number of fused-ring (bicyclic) bond motifs is 1. The number of hydrogen-bond acceptors (Lipinski definition) is 5. The number of amides is 1. The monoisotopic (exact) mass is 352 g/mol. The van der Waals surface area contributed by atoms with E-state index in [1.807, 2.05) is 6.07 Å². The highest BCUT2D eigenvalue weighted by Gasteiger charge is 2.19. The van der Waals surface area contributed by atoms with Crippen LogP contribution in [0.25, 0.3) is 10.9 Å². The second kappa shape index (κ2) is 6.72. The Morgan fingerprint density at radius 1 is 1.27 bits per heavy atom. The normalized spacial score (nSPS) is 15.3. The topological polar surface area (TPSA) is 105 Å². The Balaban J connectivity index is 1.53. The summed E-state index contributed by atoms with van der Waals surface area (Å²) in [5.74, 6) is 0.121. The van der Waals surface area contributed by atoms with Crippen molar-refractivity contribution in [2.45, 2.75) is 18.8 Å². The summed E-state index contributed by atoms with van der Waals surface area (Å²) < 4.78 is 1.42. The summed E-state index contributed by atoms with van der Waals surface area (Å²) in [7, 11) is 1.65. The lowest BCUT2D eigenvalue weighted by molar-refractivity contribution is 0.102. The van der Waals surface area contributed by atoms with Crippen molar-refractivity contribution >= 4 is 22.5 Å². The molecule has 0 spiro atoms. The summed E-state index contributed by atoms with van der Waals surface area (Å²) in [6.07, 6.45) is 3.54. The van der Waals surface area contributed by atoms with E-state index in [2.05, 4.69) is 25.8 Å². The number of benzene rings is 1. The van der Waals surface area contributed by atoms with Crippen molar-refractivity contribution in [3.63, 3.8) is 0 Å². The number of aromatic nitrogens is 4. The zero-order valence-electron chi connectivity index (χ0n) is 14.5. The highest BCUT2D eigenvalue weighted by Crippen LogP contribution is 2.24. The van der Waals surface area contributed by atoms with E-state index in [4.69, 9.17) is 0 Å². The summed E-state index contributed by atoms with van der Waals surface area (Å²) >= 11 is 0. The molecule has 3 N–H and O–H groups in total. The van der Waals surface area contributed by atoms with E-state index in [0.29, 0.717) is 28.2 Å². The molecule has 0 atom stereocenters. The molecule has 4 rings (SSSR count). The fraction of sp³-hybridized carbons (Fsp3) is 0.333. The Morgan fingerprint density at radius 3 is 2.88 bits per heavy atom. The second-order valence-corrected chi connectivity index (χ2v) is 6.58. The SMILES string of the molecule is Cn1cnc2cc(NC(=O)c3cc(C4CCNCC4)[nH]n3)ccc2c1=O. The lowest BCUT2D eigenvalue weighted by Gasteiger charge is -2.20. The van der Waals surface area contributed by atoms with Crippen LogP contribution in [-0.4, -0.2) is 38.7 Å². The van der Waals surface area contributed by atoms with Crippen LogP contribution in [0, 0.1) is 0 Å². The van der Waals surface area contributed by atoms with Crippen molar-refractivity contribution in [2.24, 2.45) is 7.05 Å². The van der Waals surface area contributed by atoms with Gasteiger partial charge in [0.15, 0.2) is 5.69 Å². The molecule has 8 heteroatoms. The summed E-state index contributed by atoms with van der Waals surface area (Å²) in [5.41, 5.74) is 2.36. The molecule has 0 unspecified atom stereocenters. The molecular formula is C18H20N6O2. The first-order valence-electron chi connectivity index (χ1n) is 8.64. The number of hydrogen-bond donors (Lipinski definition) is 3. The number of piperidine rings is 1. The molecule has 1 aromatic carbocycles. The molecule has 1 amide bonds. The Bertz CT molecular complexity index is 1020. The van der Waals surface area contributed by atoms with Gasteiger partial charge < -0.3 is 15.2 Å². The molecule has 8 nitrogen and oxygen atoms in total. The first kappa shape index (κ1) is 16.5. The maximum absolute atomic E-state index is 12.5. The Kier molecular flexibility index (Phi) is 4.26. The standard InChI is InChI=1S/C18H20N6O2/c1-24-10-20-15-8-12(2-3-13(15)18(24)26)21-17(25)16-9-14(22-23-16)11-4-6-19-7-5-11/h2-3,8-11,19H,4-7H2,1H3,(H,21,25)(H,22,23). The van der Waals surface area contributed by atoms with Gasteiger partial charge in [-0.3, -0.25) is 14.7 Å². The molecule has 0 radical (unpaired) electrons. The Morgan fingerprint density at radius 2 is 2.08 bits per heavy atom. The van der Waals surface area contributed by atoms with Crippen molar-refractivity contribution in [1.82, 2.24) is 25.1 Å². The second-order valence-electron chi connectivity index (χ2n) is 6.58. The van der Waals surface area contributed by atoms with Crippen LogP contribution in [0.4, 0.5) is 5.69 Å². The summed E-state index contributed by atoms with van der Waals surface area (Å²) in [5, 5.41) is 13.8. The third-order valence-electron chi connectivity index (χ3n) is 4.79. The predicted octanol–water partition coefficient (Wildman–Crippen LogP) is 1.38. The van der Waals surface area contributed by atoms with Crippen molar-refractivity contribution < 1.29 is 4.79 Å². The number of anilines is 1. The molecule has 0 saturated carbocycles. The maximum Gasteiger partial charge on any atom is 0.276 e. The average Bonchev–Trinajstić information content (AvgIpc) is 3.16. The molecule has 1 saturated heterocycles. The molecule has 0 bridgehead atoms. The van der Waals surface area contributed by atoms with E-state index in [-0.39, 0.29) is 11.5 Å². The predicted molar refractivity (Wildman–Crippen MR) is 98.4 cm³/mol. The van der Waals surface area contributed by atoms with Gasteiger partial charge in [-0.1, -0.05) is 0 Å². The van der Waals surface area contributed by atoms with Gasteiger partial charge in [0, 0.05) is 24.3 Å². The van der Waals surface area contributed by atoms with Gasteiger partial charge in [0.1, 0.15) is 0 Å². The quantitative estimate of drug-likeness (QED) is 0.660. The zero-order valence-corrected chi connectivity index (χ0v) is 14.5. The van der Waals surface area contributed by atoms with E-state index in [9.17, 15) is 9.59 Å². The molecule has 134 valence electrons. The van der Waals surface area contributed by atoms with Crippen LogP contribution in [0.15, 0.2) is 35.4 Å². The minimum Gasteiger partial charge on any atom is -0.321 e. The smallest absolute Gasteiger partial charge is 0.276 e. The first-order chi connectivity index (χ1) is 12.6. The lowest BCUT2D eigenvalue weighted by atomic mass is 9.94. The Hall–Kier alpha value is -3.00. The van der Waals surface area contributed by atoms with Gasteiger partial charge in [-0.2, -0.15) is 5.10 Å². The molecule has 1 aliphatic rings. The van der Waals surface area contributed by atoms with Gasteiger partial charge in [0.05, 0.1) is 17.2 Å². The largest absolute Gasteiger partial charge is 0.321 e. The first-order valence-corrected chi connectivity index (χ1v) is 8.64. The van der Waals surface area contributed by atoms with Crippen molar-refractivity contribution in [3.8, 4) is 0 Å². The van der Waals surface area contributed by atoms with Crippen LogP contribution in [0.5, 0.6) is 0 Å². The number of carbonyl (C=O) groups is 1. The number of aryl methyl sites for hydroxylation is 1. The van der Waals surface area contributed by atoms with Crippen LogP contribution < -0.4 is 16.2 Å². The minimum atomic E-state index is -0.287. The van der Waals surface area contributed by atoms with Crippen molar-refractivity contribution in [2.75, 3.05) is 18.4 Å². The highest BCUT2D eigenvalue weighted by atomic mass is 16.2. The van der Waals surface area contributed by atoms with Gasteiger partial charge in [-0.25, -0.2) is 4.98 Å². The van der Waals surface area contributed by atoms with Crippen molar-refractivity contribution in [3.05, 3.63) is 52.3 Å². The Labute approximate surface area is 149 Å². The summed E-state index contributed by atoms with van der Waals surface area (Å²) in [4.78, 5) is 28.8. The number of nitrogens with zero attached hydrogens (tertiary/aromatic N) is 3. The fourth-order valence-electron chi connectivity index (χ4n) is 3.28. The highest BCUT2D eigenvalue weighted by molar-refractivity contribution is 6.03. The number of carbonyl (C=O) groups excluding carboxylic acids is 1. The van der Waals surface area contributed by atoms with E-state index >= 15 is 0 Å². The number of nitrogens with one attached hydrogen (secondary N) is 3. The third kappa shape index (κ3) is 3.11. The van der Waals surface area contributed by atoms with Crippen LogP contribution in [0.1, 0.15) is 34.9 Å². The molecular weight excluding hydrogens is 332 g/mol. The molecule has 1 aliphatic heterocycles. The third-order valence-corrected chi connectivity index (χ3v) is 4.79. The van der Waals surface area contributed by atoms with Crippen LogP contribution in [-0.2, 0) is 7.05 Å². The van der Waals surface area contributed by atoms with E-state index in [1.165, 1.54) is 10.9 Å². The number of H-pyrrole nitrogens is 1. The van der Waals surface area contributed by atoms with Gasteiger partial charge >= 0.3 is 0 Å². The molecule has 2 aromatic heterocycles. The molecule has 3 heterocycles. The lowest BCUT2D eigenvalue weighted by Crippen LogP contribution is -2.26. The number of rotatable bonds is 3. The molecule has 26 heavy (non-hydrogen) atoms. The zero-order chi connectivity index (χ0) is 18.1. The molecule has 1 fully saturated rings. The fourth-order valence-corrected chi connectivity index (χ4v) is 3.28. The van der Waals surface area contributed by atoms with Crippen molar-refractivity contribution in [1.29, 1.82) is 0 Å². The summed E-state index contributed by atoms with van der Waals surface area (Å²) in [6, 6.07) is 6.88. The van der Waals surface area contributed by atoms with E-state index < -0.39 is 0 Å². The van der Waals surface area contributed by atoms with Crippen LogP contribution in [0.2, 0.25) is 0 Å². The maximum atomic E-state index is 12.5. The van der Waals surface area contributed by atoms with E-state index in [0.717, 1.165) is 31.6 Å². The van der Waals surface area contributed by atoms with Gasteiger partial charge in [-0.05, 0) is 50.2 Å². The average molecular weight is 352 g/mol.